The van der Waals surface area contributed by atoms with Crippen molar-refractivity contribution in [2.45, 2.75) is 6.54 Å². The van der Waals surface area contributed by atoms with E-state index in [9.17, 15) is 0 Å². The highest BCUT2D eigenvalue weighted by Gasteiger charge is 2.13. The van der Waals surface area contributed by atoms with Gasteiger partial charge in [-0.05, 0) is 17.7 Å². The van der Waals surface area contributed by atoms with E-state index >= 15 is 0 Å². The minimum atomic E-state index is -4.94. The van der Waals surface area contributed by atoms with E-state index in [0.717, 1.165) is 18.1 Å². The van der Waals surface area contributed by atoms with E-state index in [4.69, 9.17) is 24.4 Å². The molecular formula is C17H17ClN4O4. The van der Waals surface area contributed by atoms with Crippen molar-refractivity contribution < 1.29 is 33.6 Å². The SMILES string of the molecule is Nc1cn[n+](-c2ccccc2)c(NCc2ccccc2)c1.[O-][Cl+3]([O-])([O-])[O-]. The van der Waals surface area contributed by atoms with Gasteiger partial charge >= 0.3 is 5.82 Å². The molecule has 136 valence electrons. The zero-order chi connectivity index (χ0) is 19.0. The van der Waals surface area contributed by atoms with E-state index < -0.39 is 10.2 Å². The fourth-order valence-corrected chi connectivity index (χ4v) is 2.13. The van der Waals surface area contributed by atoms with E-state index in [0.29, 0.717) is 5.69 Å². The van der Waals surface area contributed by atoms with Crippen molar-refractivity contribution in [3.63, 3.8) is 0 Å². The number of para-hydroxylation sites is 1. The first kappa shape index (κ1) is 19.6. The summed E-state index contributed by atoms with van der Waals surface area (Å²) >= 11 is 0. The standard InChI is InChI=1S/C17H16N4.ClHO4/c18-15-11-17(19-12-14-7-3-1-4-8-14)21(20-13-15)16-9-5-2-6-10-16;2-1(3,4)5/h1-11,13H,12H2,(H2,18,19);(H,2,3,4,5). The Labute approximate surface area is 152 Å². The van der Waals surface area contributed by atoms with Gasteiger partial charge in [0.25, 0.3) is 0 Å². The first-order chi connectivity index (χ1) is 12.3. The predicted octanol–water partition coefficient (Wildman–Crippen LogP) is -2.20. The van der Waals surface area contributed by atoms with E-state index in [1.54, 1.807) is 6.20 Å². The second kappa shape index (κ2) is 9.09. The normalized spacial score (nSPS) is 10.6. The van der Waals surface area contributed by atoms with Crippen molar-refractivity contribution >= 4 is 11.5 Å². The molecule has 3 rings (SSSR count). The van der Waals surface area contributed by atoms with Crippen molar-refractivity contribution in [2.75, 3.05) is 11.1 Å². The summed E-state index contributed by atoms with van der Waals surface area (Å²) in [5.74, 6) is 0.866. The first-order valence-electron chi connectivity index (χ1n) is 7.46. The van der Waals surface area contributed by atoms with Gasteiger partial charge in [-0.1, -0.05) is 58.3 Å². The molecule has 0 amide bonds. The summed E-state index contributed by atoms with van der Waals surface area (Å²) < 4.78 is 35.8. The van der Waals surface area contributed by atoms with Crippen molar-refractivity contribution in [2.24, 2.45) is 0 Å². The molecule has 0 atom stereocenters. The monoisotopic (exact) mass is 376 g/mol. The zero-order valence-electron chi connectivity index (χ0n) is 13.6. The van der Waals surface area contributed by atoms with Crippen molar-refractivity contribution in [3.8, 4) is 5.69 Å². The average molecular weight is 377 g/mol. The first-order valence-corrected chi connectivity index (χ1v) is 8.69. The molecule has 1 heterocycles. The summed E-state index contributed by atoms with van der Waals surface area (Å²) in [6.07, 6.45) is 1.65. The van der Waals surface area contributed by atoms with Gasteiger partial charge in [0.15, 0.2) is 5.69 Å². The molecule has 1 aromatic heterocycles. The maximum absolute atomic E-state index is 8.49. The Morgan fingerprint density at radius 3 is 2.04 bits per heavy atom. The highest BCUT2D eigenvalue weighted by Crippen LogP contribution is 2.10. The molecule has 2 aromatic carbocycles. The molecule has 0 bridgehead atoms. The van der Waals surface area contributed by atoms with Crippen molar-refractivity contribution in [1.29, 1.82) is 0 Å². The Kier molecular flexibility index (Phi) is 6.84. The van der Waals surface area contributed by atoms with Crippen LogP contribution >= 0.6 is 0 Å². The number of hydrogen-bond acceptors (Lipinski definition) is 7. The number of nitrogens with two attached hydrogens (primary N) is 1. The summed E-state index contributed by atoms with van der Waals surface area (Å²) in [4.78, 5) is 0. The van der Waals surface area contributed by atoms with Crippen LogP contribution in [0.4, 0.5) is 11.5 Å². The van der Waals surface area contributed by atoms with Gasteiger partial charge in [0, 0.05) is 0 Å². The third-order valence-electron chi connectivity index (χ3n) is 3.17. The third kappa shape index (κ3) is 7.01. The molecule has 9 heteroatoms. The zero-order valence-corrected chi connectivity index (χ0v) is 14.4. The lowest BCUT2D eigenvalue weighted by Crippen LogP contribution is -2.68. The lowest BCUT2D eigenvalue weighted by atomic mass is 10.2. The summed E-state index contributed by atoms with van der Waals surface area (Å²) in [6, 6.07) is 22.1. The minimum Gasteiger partial charge on any atom is -0.397 e. The molecule has 0 saturated carbocycles. The fraction of sp³-hybridized carbons (Fsp3) is 0.0588. The topological polar surface area (TPSA) is 147 Å². The van der Waals surface area contributed by atoms with E-state index in [1.165, 1.54) is 5.56 Å². The Hall–Kier alpha value is -2.75. The summed E-state index contributed by atoms with van der Waals surface area (Å²) in [7, 11) is -4.94. The lowest BCUT2D eigenvalue weighted by Gasteiger charge is -2.17. The molecule has 0 aliphatic heterocycles. The summed E-state index contributed by atoms with van der Waals surface area (Å²) in [5.41, 5.74) is 8.70. The van der Waals surface area contributed by atoms with Crippen LogP contribution in [0.3, 0.4) is 0 Å². The number of aromatic nitrogens is 2. The van der Waals surface area contributed by atoms with Gasteiger partial charge in [-0.3, -0.25) is 5.32 Å². The molecule has 8 nitrogen and oxygen atoms in total. The third-order valence-corrected chi connectivity index (χ3v) is 3.17. The van der Waals surface area contributed by atoms with Gasteiger partial charge in [-0.2, -0.15) is 0 Å². The van der Waals surface area contributed by atoms with Crippen LogP contribution in [0.2, 0.25) is 0 Å². The van der Waals surface area contributed by atoms with Crippen LogP contribution in [0, 0.1) is 10.2 Å². The highest BCUT2D eigenvalue weighted by atomic mass is 35.7. The summed E-state index contributed by atoms with van der Waals surface area (Å²) in [6.45, 7) is 0.721. The second-order valence-electron chi connectivity index (χ2n) is 5.14. The number of halogens is 1. The molecule has 0 unspecified atom stereocenters. The van der Waals surface area contributed by atoms with E-state index in [2.05, 4.69) is 22.5 Å². The maximum Gasteiger partial charge on any atom is 0.302 e. The molecule has 0 aliphatic rings. The minimum absolute atomic E-state index is 0.637. The van der Waals surface area contributed by atoms with Crippen LogP contribution < -0.4 is 34.4 Å². The molecule has 3 N–H and O–H groups in total. The second-order valence-corrected chi connectivity index (χ2v) is 5.89. The maximum atomic E-state index is 8.49. The van der Waals surface area contributed by atoms with Gasteiger partial charge in [0.05, 0.1) is 18.0 Å². The number of anilines is 2. The number of hydrogen-bond donors (Lipinski definition) is 2. The molecule has 26 heavy (non-hydrogen) atoms. The number of nitrogen functional groups attached to an aromatic ring is 1. The molecular weight excluding hydrogens is 360 g/mol. The van der Waals surface area contributed by atoms with Crippen LogP contribution in [0.1, 0.15) is 5.56 Å². The summed E-state index contributed by atoms with van der Waals surface area (Å²) in [5, 5.41) is 7.78. The molecule has 0 saturated heterocycles. The lowest BCUT2D eigenvalue weighted by molar-refractivity contribution is -2.00. The van der Waals surface area contributed by atoms with Gasteiger partial charge in [-0.15, -0.1) is 10.2 Å². The Balaban J connectivity index is 0.000000431. The van der Waals surface area contributed by atoms with Crippen LogP contribution in [0.5, 0.6) is 0 Å². The average Bonchev–Trinajstić information content (AvgIpc) is 2.60. The number of rotatable bonds is 4. The fourth-order valence-electron chi connectivity index (χ4n) is 2.13. The number of benzene rings is 2. The van der Waals surface area contributed by atoms with Gasteiger partial charge in [0.2, 0.25) is 0 Å². The number of nitrogens with one attached hydrogen (secondary N) is 1. The van der Waals surface area contributed by atoms with Gasteiger partial charge in [-0.25, -0.2) is 18.6 Å². The van der Waals surface area contributed by atoms with E-state index in [1.807, 2.05) is 59.3 Å². The Morgan fingerprint density at radius 1 is 0.923 bits per heavy atom. The Morgan fingerprint density at radius 2 is 1.46 bits per heavy atom. The van der Waals surface area contributed by atoms with Crippen molar-refractivity contribution in [1.82, 2.24) is 5.10 Å². The highest BCUT2D eigenvalue weighted by molar-refractivity contribution is 5.45. The molecule has 0 spiro atoms. The van der Waals surface area contributed by atoms with Gasteiger partial charge < -0.3 is 5.73 Å². The van der Waals surface area contributed by atoms with Crippen molar-refractivity contribution in [3.05, 3.63) is 78.5 Å². The number of nitrogens with zero attached hydrogens (tertiary/aromatic N) is 2. The predicted molar refractivity (Wildman–Crippen MR) is 84.0 cm³/mol. The largest absolute Gasteiger partial charge is 0.397 e. The molecule has 3 aromatic rings. The van der Waals surface area contributed by atoms with Crippen LogP contribution in [0.25, 0.3) is 5.69 Å². The Bertz CT molecular complexity index is 808. The van der Waals surface area contributed by atoms with E-state index in [-0.39, 0.29) is 0 Å². The van der Waals surface area contributed by atoms with Crippen LogP contribution in [0.15, 0.2) is 72.9 Å². The molecule has 0 aliphatic carbocycles. The van der Waals surface area contributed by atoms with Crippen LogP contribution in [-0.4, -0.2) is 5.10 Å². The molecule has 0 radical (unpaired) electrons. The van der Waals surface area contributed by atoms with Gasteiger partial charge in [0.1, 0.15) is 6.54 Å². The smallest absolute Gasteiger partial charge is 0.302 e. The quantitative estimate of drug-likeness (QED) is 0.491. The van der Waals surface area contributed by atoms with Crippen LogP contribution in [-0.2, 0) is 6.54 Å². The molecule has 0 fully saturated rings.